The van der Waals surface area contributed by atoms with Gasteiger partial charge in [-0.05, 0) is 36.4 Å². The number of hydrogen-bond donors (Lipinski definition) is 3. The van der Waals surface area contributed by atoms with Crippen LogP contribution in [0.3, 0.4) is 0 Å². The normalized spacial score (nSPS) is 10.2. The predicted octanol–water partition coefficient (Wildman–Crippen LogP) is 2.94. The third-order valence-electron chi connectivity index (χ3n) is 3.81. The summed E-state index contributed by atoms with van der Waals surface area (Å²) >= 11 is 1.26. The molecule has 3 amide bonds. The van der Waals surface area contributed by atoms with Gasteiger partial charge in [-0.25, -0.2) is 4.98 Å². The average molecular weight is 394 g/mol. The van der Waals surface area contributed by atoms with Gasteiger partial charge in [-0.15, -0.1) is 11.3 Å². The number of rotatable bonds is 6. The molecule has 142 valence electrons. The third-order valence-corrected chi connectivity index (χ3v) is 4.61. The fourth-order valence-electron chi connectivity index (χ4n) is 2.42. The molecule has 3 N–H and O–H groups in total. The standard InChI is InChI=1S/C20H18N4O3S/c1-21-18(26)14-7-9-15(10-8-14)22-17(25)11-16-12-28-20(23-16)24-19(27)13-5-3-2-4-6-13/h2-10,12H,11H2,1H3,(H,21,26)(H,22,25)(H,23,24,27). The van der Waals surface area contributed by atoms with Crippen LogP contribution in [0.5, 0.6) is 0 Å². The molecule has 0 aliphatic carbocycles. The zero-order chi connectivity index (χ0) is 19.9. The summed E-state index contributed by atoms with van der Waals surface area (Å²) in [6.45, 7) is 0. The second kappa shape index (κ2) is 8.92. The van der Waals surface area contributed by atoms with Crippen LogP contribution in [-0.2, 0) is 11.2 Å². The zero-order valence-electron chi connectivity index (χ0n) is 15.1. The van der Waals surface area contributed by atoms with Gasteiger partial charge < -0.3 is 10.6 Å². The summed E-state index contributed by atoms with van der Waals surface area (Å²) in [5.41, 5.74) is 2.20. The van der Waals surface area contributed by atoms with Crippen molar-refractivity contribution in [1.82, 2.24) is 10.3 Å². The lowest BCUT2D eigenvalue weighted by atomic mass is 10.2. The number of benzene rings is 2. The predicted molar refractivity (Wildman–Crippen MR) is 109 cm³/mol. The first-order chi connectivity index (χ1) is 13.5. The van der Waals surface area contributed by atoms with Gasteiger partial charge in [0, 0.05) is 29.2 Å². The van der Waals surface area contributed by atoms with Crippen LogP contribution < -0.4 is 16.0 Å². The van der Waals surface area contributed by atoms with E-state index in [2.05, 4.69) is 20.9 Å². The molecule has 0 saturated carbocycles. The summed E-state index contributed by atoms with van der Waals surface area (Å²) in [5, 5.41) is 10.2. The van der Waals surface area contributed by atoms with Gasteiger partial charge in [0.1, 0.15) is 0 Å². The van der Waals surface area contributed by atoms with E-state index in [9.17, 15) is 14.4 Å². The molecular formula is C20H18N4O3S. The number of nitrogens with zero attached hydrogens (tertiary/aromatic N) is 1. The Balaban J connectivity index is 1.55. The minimum Gasteiger partial charge on any atom is -0.355 e. The number of anilines is 2. The lowest BCUT2D eigenvalue weighted by Crippen LogP contribution is -2.18. The molecule has 0 fully saturated rings. The minimum absolute atomic E-state index is 0.0783. The zero-order valence-corrected chi connectivity index (χ0v) is 15.9. The van der Waals surface area contributed by atoms with Gasteiger partial charge in [-0.1, -0.05) is 18.2 Å². The maximum absolute atomic E-state index is 12.2. The van der Waals surface area contributed by atoms with Gasteiger partial charge in [0.05, 0.1) is 12.1 Å². The molecule has 0 unspecified atom stereocenters. The van der Waals surface area contributed by atoms with E-state index in [4.69, 9.17) is 0 Å². The third kappa shape index (κ3) is 5.01. The molecule has 3 aromatic rings. The molecule has 0 aliphatic heterocycles. The fraction of sp³-hybridized carbons (Fsp3) is 0.100. The maximum Gasteiger partial charge on any atom is 0.257 e. The van der Waals surface area contributed by atoms with Crippen LogP contribution in [-0.4, -0.2) is 29.8 Å². The van der Waals surface area contributed by atoms with E-state index in [1.807, 2.05) is 6.07 Å². The SMILES string of the molecule is CNC(=O)c1ccc(NC(=O)Cc2csc(NC(=O)c3ccccc3)n2)cc1. The lowest BCUT2D eigenvalue weighted by molar-refractivity contribution is -0.115. The van der Waals surface area contributed by atoms with Crippen molar-refractivity contribution in [2.24, 2.45) is 0 Å². The number of amides is 3. The molecule has 2 aromatic carbocycles. The molecule has 1 heterocycles. The van der Waals surface area contributed by atoms with E-state index in [1.54, 1.807) is 61.0 Å². The van der Waals surface area contributed by atoms with Crippen LogP contribution in [0, 0.1) is 0 Å². The first kappa shape index (κ1) is 19.2. The molecule has 0 atom stereocenters. The van der Waals surface area contributed by atoms with Crippen LogP contribution in [0.2, 0.25) is 0 Å². The van der Waals surface area contributed by atoms with E-state index in [-0.39, 0.29) is 24.1 Å². The van der Waals surface area contributed by atoms with Crippen molar-refractivity contribution in [1.29, 1.82) is 0 Å². The minimum atomic E-state index is -0.248. The van der Waals surface area contributed by atoms with Crippen LogP contribution >= 0.6 is 11.3 Å². The Morgan fingerprint density at radius 1 is 0.893 bits per heavy atom. The van der Waals surface area contributed by atoms with Crippen LogP contribution in [0.4, 0.5) is 10.8 Å². The van der Waals surface area contributed by atoms with Crippen molar-refractivity contribution >= 4 is 39.9 Å². The summed E-state index contributed by atoms with van der Waals surface area (Å²) in [7, 11) is 1.56. The van der Waals surface area contributed by atoms with E-state index in [0.717, 1.165) is 0 Å². The topological polar surface area (TPSA) is 100 Å². The van der Waals surface area contributed by atoms with Crippen molar-refractivity contribution in [3.63, 3.8) is 0 Å². The molecule has 3 rings (SSSR count). The molecular weight excluding hydrogens is 376 g/mol. The molecule has 0 bridgehead atoms. The Kier molecular flexibility index (Phi) is 6.13. The van der Waals surface area contributed by atoms with Crippen molar-refractivity contribution in [2.75, 3.05) is 17.7 Å². The monoisotopic (exact) mass is 394 g/mol. The Bertz CT molecular complexity index is 984. The molecule has 7 nitrogen and oxygen atoms in total. The van der Waals surface area contributed by atoms with Gasteiger partial charge in [0.15, 0.2) is 5.13 Å². The van der Waals surface area contributed by atoms with E-state index < -0.39 is 0 Å². The molecule has 8 heteroatoms. The van der Waals surface area contributed by atoms with Gasteiger partial charge in [-0.3, -0.25) is 19.7 Å². The van der Waals surface area contributed by atoms with Crippen LogP contribution in [0.1, 0.15) is 26.4 Å². The molecule has 1 aromatic heterocycles. The lowest BCUT2D eigenvalue weighted by Gasteiger charge is -2.05. The van der Waals surface area contributed by atoms with Crippen molar-refractivity contribution < 1.29 is 14.4 Å². The highest BCUT2D eigenvalue weighted by Gasteiger charge is 2.11. The second-order valence-corrected chi connectivity index (χ2v) is 6.70. The van der Waals surface area contributed by atoms with Gasteiger partial charge >= 0.3 is 0 Å². The van der Waals surface area contributed by atoms with Crippen LogP contribution in [0.25, 0.3) is 0 Å². The number of hydrogen-bond acceptors (Lipinski definition) is 5. The summed E-state index contributed by atoms with van der Waals surface area (Å²) < 4.78 is 0. The second-order valence-electron chi connectivity index (χ2n) is 5.85. The highest BCUT2D eigenvalue weighted by molar-refractivity contribution is 7.14. The summed E-state index contributed by atoms with van der Waals surface area (Å²) in [6, 6.07) is 15.4. The summed E-state index contributed by atoms with van der Waals surface area (Å²) in [5.74, 6) is -0.675. The van der Waals surface area contributed by atoms with Gasteiger partial charge in [-0.2, -0.15) is 0 Å². The van der Waals surface area contributed by atoms with Gasteiger partial charge in [0.2, 0.25) is 5.91 Å². The Labute approximate surface area is 165 Å². The molecule has 0 saturated heterocycles. The van der Waals surface area contributed by atoms with Crippen LogP contribution in [0.15, 0.2) is 60.0 Å². The largest absolute Gasteiger partial charge is 0.355 e. The van der Waals surface area contributed by atoms with E-state index in [0.29, 0.717) is 27.6 Å². The number of carbonyl (C=O) groups is 3. The Morgan fingerprint density at radius 3 is 2.25 bits per heavy atom. The quantitative estimate of drug-likeness (QED) is 0.598. The molecule has 0 aliphatic rings. The summed E-state index contributed by atoms with van der Waals surface area (Å²) in [6.07, 6.45) is 0.0783. The van der Waals surface area contributed by atoms with Crippen molar-refractivity contribution in [2.45, 2.75) is 6.42 Å². The van der Waals surface area contributed by atoms with E-state index >= 15 is 0 Å². The number of aromatic nitrogens is 1. The van der Waals surface area contributed by atoms with E-state index in [1.165, 1.54) is 11.3 Å². The van der Waals surface area contributed by atoms with Crippen molar-refractivity contribution in [3.05, 3.63) is 76.8 Å². The highest BCUT2D eigenvalue weighted by atomic mass is 32.1. The highest BCUT2D eigenvalue weighted by Crippen LogP contribution is 2.18. The van der Waals surface area contributed by atoms with Gasteiger partial charge in [0.25, 0.3) is 11.8 Å². The number of nitrogens with one attached hydrogen (secondary N) is 3. The molecule has 28 heavy (non-hydrogen) atoms. The average Bonchev–Trinajstić information content (AvgIpc) is 3.15. The smallest absolute Gasteiger partial charge is 0.257 e. The maximum atomic E-state index is 12.2. The molecule has 0 radical (unpaired) electrons. The summed E-state index contributed by atoms with van der Waals surface area (Å²) in [4.78, 5) is 40.1. The van der Waals surface area contributed by atoms with Crippen molar-refractivity contribution in [3.8, 4) is 0 Å². The number of carbonyl (C=O) groups excluding carboxylic acids is 3. The number of thiazole rings is 1. The first-order valence-electron chi connectivity index (χ1n) is 8.48. The Hall–Kier alpha value is -3.52. The molecule has 0 spiro atoms. The fourth-order valence-corrected chi connectivity index (χ4v) is 3.13. The first-order valence-corrected chi connectivity index (χ1v) is 9.36. The Morgan fingerprint density at radius 2 is 1.57 bits per heavy atom.